The van der Waals surface area contributed by atoms with Crippen molar-refractivity contribution in [3.05, 3.63) is 0 Å². The fourth-order valence-corrected chi connectivity index (χ4v) is 3.99. The van der Waals surface area contributed by atoms with Crippen LogP contribution in [-0.4, -0.2) is 60.9 Å². The van der Waals surface area contributed by atoms with E-state index in [0.29, 0.717) is 6.54 Å². The molecule has 0 aromatic rings. The molecule has 0 aromatic carbocycles. The molecule has 2 amide bonds. The Morgan fingerprint density at radius 3 is 2.10 bits per heavy atom. The third-order valence-corrected chi connectivity index (χ3v) is 5.25. The number of amides is 2. The molecule has 2 atom stereocenters. The third-order valence-electron chi connectivity index (χ3n) is 5.25. The van der Waals surface area contributed by atoms with Crippen molar-refractivity contribution in [2.45, 2.75) is 38.5 Å². The van der Waals surface area contributed by atoms with Crippen molar-refractivity contribution in [3.8, 4) is 0 Å². The lowest BCUT2D eigenvalue weighted by molar-refractivity contribution is -0.140. The smallest absolute Gasteiger partial charge is 0.233 e. The Morgan fingerprint density at radius 2 is 1.48 bits per heavy atom. The number of nitrogens with zero attached hydrogens (tertiary/aromatic N) is 2. The standard InChI is InChI=1S/C16H27N3O2/c20-15-13-5-1-2-6-14(13)16(21)19(15)10-4-3-9-18-11-7-17-8-12-18/h13-14,17H,1-12H2/t13-,14+. The summed E-state index contributed by atoms with van der Waals surface area (Å²) in [5, 5.41) is 3.35. The molecule has 1 N–H and O–H groups in total. The van der Waals surface area contributed by atoms with Crippen LogP contribution in [0.25, 0.3) is 0 Å². The molecule has 0 unspecified atom stereocenters. The summed E-state index contributed by atoms with van der Waals surface area (Å²) in [7, 11) is 0. The fraction of sp³-hybridized carbons (Fsp3) is 0.875. The number of unbranched alkanes of at least 4 members (excludes halogenated alkanes) is 1. The molecule has 0 aromatic heterocycles. The molecule has 21 heavy (non-hydrogen) atoms. The normalized spacial score (nSPS) is 30.8. The van der Waals surface area contributed by atoms with Crippen molar-refractivity contribution in [2.24, 2.45) is 11.8 Å². The highest BCUT2D eigenvalue weighted by Gasteiger charge is 2.47. The molecule has 3 rings (SSSR count). The summed E-state index contributed by atoms with van der Waals surface area (Å²) < 4.78 is 0. The Bertz CT molecular complexity index is 369. The van der Waals surface area contributed by atoms with E-state index < -0.39 is 0 Å². The molecule has 2 saturated heterocycles. The molecular formula is C16H27N3O2. The first-order valence-corrected chi connectivity index (χ1v) is 8.55. The van der Waals surface area contributed by atoms with Crippen LogP contribution >= 0.6 is 0 Å². The first kappa shape index (κ1) is 15.0. The number of hydrogen-bond donors (Lipinski definition) is 1. The summed E-state index contributed by atoms with van der Waals surface area (Å²) >= 11 is 0. The van der Waals surface area contributed by atoms with Crippen LogP contribution in [-0.2, 0) is 9.59 Å². The van der Waals surface area contributed by atoms with Gasteiger partial charge in [0.1, 0.15) is 0 Å². The molecule has 3 aliphatic rings. The molecule has 5 heteroatoms. The first-order valence-electron chi connectivity index (χ1n) is 8.55. The van der Waals surface area contributed by atoms with E-state index in [1.54, 1.807) is 4.90 Å². The molecular weight excluding hydrogens is 266 g/mol. The van der Waals surface area contributed by atoms with Crippen molar-refractivity contribution in [1.82, 2.24) is 15.1 Å². The Labute approximate surface area is 127 Å². The Morgan fingerprint density at radius 1 is 0.905 bits per heavy atom. The third kappa shape index (κ3) is 3.29. The first-order chi connectivity index (χ1) is 10.3. The lowest BCUT2D eigenvalue weighted by atomic mass is 9.81. The SMILES string of the molecule is O=C1[C@H]2CCCC[C@H]2C(=O)N1CCCCN1CCNCC1. The summed E-state index contributed by atoms with van der Waals surface area (Å²) in [6, 6.07) is 0. The molecule has 1 aliphatic carbocycles. The maximum absolute atomic E-state index is 12.3. The highest BCUT2D eigenvalue weighted by Crippen LogP contribution is 2.37. The maximum atomic E-state index is 12.3. The number of imide groups is 1. The van der Waals surface area contributed by atoms with Crippen molar-refractivity contribution >= 4 is 11.8 Å². The van der Waals surface area contributed by atoms with Gasteiger partial charge in [-0.3, -0.25) is 14.5 Å². The highest BCUT2D eigenvalue weighted by molar-refractivity contribution is 6.05. The molecule has 2 heterocycles. The summed E-state index contributed by atoms with van der Waals surface area (Å²) in [4.78, 5) is 28.7. The van der Waals surface area contributed by atoms with Crippen LogP contribution < -0.4 is 5.32 Å². The largest absolute Gasteiger partial charge is 0.314 e. The van der Waals surface area contributed by atoms with E-state index in [1.165, 1.54) is 0 Å². The summed E-state index contributed by atoms with van der Waals surface area (Å²) in [6.45, 7) is 6.11. The summed E-state index contributed by atoms with van der Waals surface area (Å²) in [6.07, 6.45) is 6.08. The van der Waals surface area contributed by atoms with Crippen LogP contribution in [0.4, 0.5) is 0 Å². The predicted molar refractivity (Wildman–Crippen MR) is 80.7 cm³/mol. The number of hydrogen-bond acceptors (Lipinski definition) is 4. The zero-order chi connectivity index (χ0) is 14.7. The van der Waals surface area contributed by atoms with Gasteiger partial charge in [0, 0.05) is 32.7 Å². The number of nitrogens with one attached hydrogen (secondary N) is 1. The Hall–Kier alpha value is -0.940. The van der Waals surface area contributed by atoms with Crippen molar-refractivity contribution in [2.75, 3.05) is 39.3 Å². The van der Waals surface area contributed by atoms with Crippen LogP contribution in [0.1, 0.15) is 38.5 Å². The quantitative estimate of drug-likeness (QED) is 0.603. The van der Waals surface area contributed by atoms with Gasteiger partial charge in [0.25, 0.3) is 0 Å². The fourth-order valence-electron chi connectivity index (χ4n) is 3.99. The Balaban J connectivity index is 1.42. The zero-order valence-corrected chi connectivity index (χ0v) is 12.9. The number of rotatable bonds is 5. The minimum Gasteiger partial charge on any atom is -0.314 e. The van der Waals surface area contributed by atoms with E-state index in [2.05, 4.69) is 10.2 Å². The van der Waals surface area contributed by atoms with Gasteiger partial charge in [0.05, 0.1) is 11.8 Å². The van der Waals surface area contributed by atoms with Crippen molar-refractivity contribution in [1.29, 1.82) is 0 Å². The highest BCUT2D eigenvalue weighted by atomic mass is 16.2. The minimum atomic E-state index is 0.0134. The predicted octanol–water partition coefficient (Wildman–Crippen LogP) is 0.847. The number of fused-ring (bicyclic) bond motifs is 1. The lowest BCUT2D eigenvalue weighted by Crippen LogP contribution is -2.43. The van der Waals surface area contributed by atoms with Gasteiger partial charge in [0.2, 0.25) is 11.8 Å². The van der Waals surface area contributed by atoms with Gasteiger partial charge >= 0.3 is 0 Å². The van der Waals surface area contributed by atoms with Gasteiger partial charge in [-0.1, -0.05) is 12.8 Å². The van der Waals surface area contributed by atoms with Gasteiger partial charge in [-0.25, -0.2) is 0 Å². The van der Waals surface area contributed by atoms with E-state index in [4.69, 9.17) is 0 Å². The van der Waals surface area contributed by atoms with Crippen molar-refractivity contribution in [3.63, 3.8) is 0 Å². The van der Waals surface area contributed by atoms with Gasteiger partial charge in [0.15, 0.2) is 0 Å². The van der Waals surface area contributed by atoms with E-state index in [0.717, 1.165) is 71.2 Å². The van der Waals surface area contributed by atoms with Gasteiger partial charge in [-0.05, 0) is 32.2 Å². The number of piperazine rings is 1. The van der Waals surface area contributed by atoms with Crippen LogP contribution in [0.15, 0.2) is 0 Å². The van der Waals surface area contributed by atoms with Crippen LogP contribution in [0.5, 0.6) is 0 Å². The monoisotopic (exact) mass is 293 g/mol. The number of likely N-dealkylation sites (tertiary alicyclic amines) is 1. The number of carbonyl (C=O) groups is 2. The molecule has 5 nitrogen and oxygen atoms in total. The second-order valence-electron chi connectivity index (χ2n) is 6.62. The van der Waals surface area contributed by atoms with E-state index in [9.17, 15) is 9.59 Å². The van der Waals surface area contributed by atoms with E-state index in [-0.39, 0.29) is 23.7 Å². The maximum Gasteiger partial charge on any atom is 0.233 e. The Kier molecular flexibility index (Phi) is 4.91. The van der Waals surface area contributed by atoms with Gasteiger partial charge in [-0.15, -0.1) is 0 Å². The minimum absolute atomic E-state index is 0.0134. The van der Waals surface area contributed by atoms with Crippen LogP contribution in [0.2, 0.25) is 0 Å². The molecule has 0 bridgehead atoms. The second kappa shape index (κ2) is 6.88. The average Bonchev–Trinajstić information content (AvgIpc) is 2.77. The van der Waals surface area contributed by atoms with Crippen LogP contribution in [0, 0.1) is 11.8 Å². The molecule has 2 aliphatic heterocycles. The van der Waals surface area contributed by atoms with Crippen molar-refractivity contribution < 1.29 is 9.59 Å². The topological polar surface area (TPSA) is 52.7 Å². The average molecular weight is 293 g/mol. The molecule has 1 saturated carbocycles. The summed E-state index contributed by atoms with van der Waals surface area (Å²) in [5.41, 5.74) is 0. The van der Waals surface area contributed by atoms with E-state index in [1.807, 2.05) is 0 Å². The molecule has 118 valence electrons. The zero-order valence-electron chi connectivity index (χ0n) is 12.9. The van der Waals surface area contributed by atoms with Gasteiger partial charge in [-0.2, -0.15) is 0 Å². The van der Waals surface area contributed by atoms with E-state index >= 15 is 0 Å². The summed E-state index contributed by atoms with van der Waals surface area (Å²) in [5.74, 6) is 0.262. The molecule has 3 fully saturated rings. The van der Waals surface area contributed by atoms with Crippen LogP contribution in [0.3, 0.4) is 0 Å². The lowest BCUT2D eigenvalue weighted by Gasteiger charge is -2.27. The molecule has 0 spiro atoms. The second-order valence-corrected chi connectivity index (χ2v) is 6.62. The van der Waals surface area contributed by atoms with Gasteiger partial charge < -0.3 is 10.2 Å². The molecule has 0 radical (unpaired) electrons. The number of carbonyl (C=O) groups excluding carboxylic acids is 2.